The van der Waals surface area contributed by atoms with Gasteiger partial charge in [-0.25, -0.2) is 0 Å². The van der Waals surface area contributed by atoms with Crippen molar-refractivity contribution in [1.29, 1.82) is 0 Å². The Morgan fingerprint density at radius 3 is 1.93 bits per heavy atom. The Bertz CT molecular complexity index is 906. The van der Waals surface area contributed by atoms with E-state index < -0.39 is 0 Å². The molecule has 0 aliphatic rings. The molecule has 0 fully saturated rings. The molecule has 1 N–H and O–H groups in total. The first kappa shape index (κ1) is 19.8. The van der Waals surface area contributed by atoms with Crippen molar-refractivity contribution in [2.45, 2.75) is 12.5 Å². The predicted octanol–water partition coefficient (Wildman–Crippen LogP) is 5.78. The van der Waals surface area contributed by atoms with Gasteiger partial charge in [0, 0.05) is 22.7 Å². The molecule has 28 heavy (non-hydrogen) atoms. The van der Waals surface area contributed by atoms with Crippen LogP contribution in [0.4, 0.5) is 5.69 Å². The van der Waals surface area contributed by atoms with Crippen molar-refractivity contribution in [2.75, 3.05) is 19.5 Å². The van der Waals surface area contributed by atoms with E-state index in [0.717, 1.165) is 22.7 Å². The molecule has 0 aliphatic heterocycles. The van der Waals surface area contributed by atoms with Crippen LogP contribution in [0.15, 0.2) is 72.8 Å². The monoisotopic (exact) mass is 395 g/mol. The van der Waals surface area contributed by atoms with Crippen molar-refractivity contribution in [3.8, 4) is 11.5 Å². The third kappa shape index (κ3) is 5.05. The summed E-state index contributed by atoms with van der Waals surface area (Å²) in [5, 5.41) is 4.11. The van der Waals surface area contributed by atoms with Gasteiger partial charge in [-0.3, -0.25) is 4.79 Å². The van der Waals surface area contributed by atoms with Gasteiger partial charge >= 0.3 is 0 Å². The maximum Gasteiger partial charge on any atom is 0.165 e. The van der Waals surface area contributed by atoms with E-state index in [1.165, 1.54) is 0 Å². The van der Waals surface area contributed by atoms with E-state index in [1.54, 1.807) is 38.5 Å². The molecule has 5 heteroatoms. The summed E-state index contributed by atoms with van der Waals surface area (Å²) < 4.78 is 10.4. The Morgan fingerprint density at radius 1 is 0.857 bits per heavy atom. The number of hydrogen-bond acceptors (Lipinski definition) is 4. The van der Waals surface area contributed by atoms with Gasteiger partial charge in [0.15, 0.2) is 5.78 Å². The molecule has 3 aromatic carbocycles. The number of methoxy groups -OCH3 is 2. The number of hydrogen-bond donors (Lipinski definition) is 1. The largest absolute Gasteiger partial charge is 0.497 e. The van der Waals surface area contributed by atoms with Crippen LogP contribution in [0.25, 0.3) is 0 Å². The van der Waals surface area contributed by atoms with Gasteiger partial charge in [0.05, 0.1) is 20.3 Å². The van der Waals surface area contributed by atoms with Crippen molar-refractivity contribution in [3.05, 3.63) is 88.9 Å². The molecule has 0 amide bonds. The highest BCUT2D eigenvalue weighted by Crippen LogP contribution is 2.27. The molecule has 0 aromatic heterocycles. The van der Waals surface area contributed by atoms with Gasteiger partial charge in [0.25, 0.3) is 0 Å². The van der Waals surface area contributed by atoms with Gasteiger partial charge in [0.2, 0.25) is 0 Å². The first-order valence-corrected chi connectivity index (χ1v) is 9.30. The molecule has 3 rings (SSSR count). The Kier molecular flexibility index (Phi) is 6.56. The van der Waals surface area contributed by atoms with Crippen LogP contribution < -0.4 is 14.8 Å². The maximum atomic E-state index is 12.9. The normalized spacial score (nSPS) is 11.5. The van der Waals surface area contributed by atoms with Crippen molar-refractivity contribution in [1.82, 2.24) is 0 Å². The number of Topliss-reactive ketones (excluding diaryl/α,β-unsaturated/α-hetero) is 1. The molecule has 1 unspecified atom stereocenters. The highest BCUT2D eigenvalue weighted by atomic mass is 35.5. The average Bonchev–Trinajstić information content (AvgIpc) is 2.74. The lowest BCUT2D eigenvalue weighted by molar-refractivity contribution is 0.0976. The zero-order chi connectivity index (χ0) is 19.9. The molecule has 0 aliphatic carbocycles. The Balaban J connectivity index is 1.82. The maximum absolute atomic E-state index is 12.9. The zero-order valence-electron chi connectivity index (χ0n) is 15.8. The number of anilines is 1. The summed E-state index contributed by atoms with van der Waals surface area (Å²) in [5.41, 5.74) is 2.54. The number of rotatable bonds is 8. The number of ketones is 1. The van der Waals surface area contributed by atoms with Crippen LogP contribution >= 0.6 is 11.6 Å². The van der Waals surface area contributed by atoms with Gasteiger partial charge in [-0.15, -0.1) is 0 Å². The smallest absolute Gasteiger partial charge is 0.165 e. The standard InChI is InChI=1S/C23H22ClNO3/c1-27-20-11-5-17(6-12-20)23(26)15-22(16-3-7-18(24)8-4-16)25-19-9-13-21(28-2)14-10-19/h3-14,22,25H,15H2,1-2H3. The van der Waals surface area contributed by atoms with Crippen molar-refractivity contribution in [2.24, 2.45) is 0 Å². The second kappa shape index (κ2) is 9.29. The highest BCUT2D eigenvalue weighted by molar-refractivity contribution is 6.30. The van der Waals surface area contributed by atoms with Crippen LogP contribution in [0, 0.1) is 0 Å². The van der Waals surface area contributed by atoms with Crippen molar-refractivity contribution < 1.29 is 14.3 Å². The van der Waals surface area contributed by atoms with E-state index in [-0.39, 0.29) is 11.8 Å². The van der Waals surface area contributed by atoms with Crippen LogP contribution in [0.2, 0.25) is 5.02 Å². The quantitative estimate of drug-likeness (QED) is 0.491. The zero-order valence-corrected chi connectivity index (χ0v) is 16.6. The van der Waals surface area contributed by atoms with Crippen LogP contribution in [0.3, 0.4) is 0 Å². The molecule has 0 spiro atoms. The topological polar surface area (TPSA) is 47.6 Å². The second-order valence-electron chi connectivity index (χ2n) is 6.33. The Labute approximate surface area is 170 Å². The summed E-state index contributed by atoms with van der Waals surface area (Å²) in [5.74, 6) is 1.55. The van der Waals surface area contributed by atoms with E-state index >= 15 is 0 Å². The summed E-state index contributed by atoms with van der Waals surface area (Å²) >= 11 is 6.03. The summed E-state index contributed by atoms with van der Waals surface area (Å²) in [7, 11) is 3.23. The molecule has 144 valence electrons. The number of halogens is 1. The molecule has 3 aromatic rings. The summed E-state index contributed by atoms with van der Waals surface area (Å²) in [6.45, 7) is 0. The minimum atomic E-state index is -0.194. The molecule has 0 heterocycles. The van der Waals surface area contributed by atoms with E-state index in [9.17, 15) is 4.79 Å². The fourth-order valence-corrected chi connectivity index (χ4v) is 3.04. The molecule has 0 radical (unpaired) electrons. The van der Waals surface area contributed by atoms with Crippen LogP contribution in [0.1, 0.15) is 28.4 Å². The number of carbonyl (C=O) groups excluding carboxylic acids is 1. The average molecular weight is 396 g/mol. The minimum absolute atomic E-state index is 0.0450. The second-order valence-corrected chi connectivity index (χ2v) is 6.77. The minimum Gasteiger partial charge on any atom is -0.497 e. The van der Waals surface area contributed by atoms with Crippen LogP contribution in [0.5, 0.6) is 11.5 Å². The number of ether oxygens (including phenoxy) is 2. The van der Waals surface area contributed by atoms with Gasteiger partial charge in [0.1, 0.15) is 11.5 Å². The third-order valence-corrected chi connectivity index (χ3v) is 4.76. The summed E-state index contributed by atoms with van der Waals surface area (Å²) in [4.78, 5) is 12.9. The van der Waals surface area contributed by atoms with E-state index in [0.29, 0.717) is 17.0 Å². The predicted molar refractivity (Wildman–Crippen MR) is 113 cm³/mol. The lowest BCUT2D eigenvalue weighted by Gasteiger charge is -2.20. The van der Waals surface area contributed by atoms with Crippen LogP contribution in [-0.4, -0.2) is 20.0 Å². The number of nitrogens with one attached hydrogen (secondary N) is 1. The Morgan fingerprint density at radius 2 is 1.39 bits per heavy atom. The first-order chi connectivity index (χ1) is 13.6. The highest BCUT2D eigenvalue weighted by Gasteiger charge is 2.18. The van der Waals surface area contributed by atoms with Crippen LogP contribution in [-0.2, 0) is 0 Å². The van der Waals surface area contributed by atoms with E-state index in [2.05, 4.69) is 5.32 Å². The molecule has 4 nitrogen and oxygen atoms in total. The van der Waals surface area contributed by atoms with E-state index in [1.807, 2.05) is 48.5 Å². The summed E-state index contributed by atoms with van der Waals surface area (Å²) in [6.07, 6.45) is 0.306. The van der Waals surface area contributed by atoms with Gasteiger partial charge in [-0.05, 0) is 66.2 Å². The van der Waals surface area contributed by atoms with Gasteiger partial charge in [-0.1, -0.05) is 23.7 Å². The van der Waals surface area contributed by atoms with E-state index in [4.69, 9.17) is 21.1 Å². The molecular weight excluding hydrogens is 374 g/mol. The lowest BCUT2D eigenvalue weighted by Crippen LogP contribution is -2.16. The lowest BCUT2D eigenvalue weighted by atomic mass is 9.97. The number of benzene rings is 3. The molecular formula is C23H22ClNO3. The van der Waals surface area contributed by atoms with Crippen molar-refractivity contribution >= 4 is 23.1 Å². The molecule has 1 atom stereocenters. The molecule has 0 saturated heterocycles. The first-order valence-electron chi connectivity index (χ1n) is 8.92. The SMILES string of the molecule is COc1ccc(NC(CC(=O)c2ccc(OC)cc2)c2ccc(Cl)cc2)cc1. The Hall–Kier alpha value is -2.98. The van der Waals surface area contributed by atoms with Crippen molar-refractivity contribution in [3.63, 3.8) is 0 Å². The molecule has 0 bridgehead atoms. The third-order valence-electron chi connectivity index (χ3n) is 4.50. The number of carbonyl (C=O) groups is 1. The summed E-state index contributed by atoms with van der Waals surface area (Å²) in [6, 6.07) is 22.1. The fraction of sp³-hybridized carbons (Fsp3) is 0.174. The van der Waals surface area contributed by atoms with Gasteiger partial charge in [-0.2, -0.15) is 0 Å². The fourth-order valence-electron chi connectivity index (χ4n) is 2.92. The molecule has 0 saturated carbocycles. The van der Waals surface area contributed by atoms with Gasteiger partial charge < -0.3 is 14.8 Å².